The van der Waals surface area contributed by atoms with Crippen LogP contribution in [0.25, 0.3) is 0 Å². The molecule has 1 aromatic heterocycles. The first-order valence-corrected chi connectivity index (χ1v) is 7.18. The number of ether oxygens (including phenoxy) is 1. The summed E-state index contributed by atoms with van der Waals surface area (Å²) in [5, 5.41) is 4.04. The predicted molar refractivity (Wildman–Crippen MR) is 61.5 cm³/mol. The zero-order chi connectivity index (χ0) is 12.0. The molecule has 0 aliphatic rings. The molecule has 0 fully saturated rings. The Morgan fingerprint density at radius 3 is 2.75 bits per heavy atom. The van der Waals surface area contributed by atoms with Crippen molar-refractivity contribution in [2.45, 2.75) is 6.54 Å². The second-order valence-electron chi connectivity index (χ2n) is 3.06. The first kappa shape index (κ1) is 13.6. The molecule has 0 aromatic carbocycles. The normalized spacial score (nSPS) is 11.9. The van der Waals surface area contributed by atoms with Gasteiger partial charge in [-0.25, -0.2) is 0 Å². The fourth-order valence-electron chi connectivity index (χ4n) is 0.965. The van der Waals surface area contributed by atoms with Crippen LogP contribution in [0, 0.1) is 0 Å². The van der Waals surface area contributed by atoms with Crippen molar-refractivity contribution < 1.29 is 17.3 Å². The number of aromatic nitrogens is 2. The molecule has 0 radical (unpaired) electrons. The highest BCUT2D eigenvalue weighted by Crippen LogP contribution is 2.05. The lowest BCUT2D eigenvalue weighted by molar-refractivity contribution is 0.0947. The van der Waals surface area contributed by atoms with Gasteiger partial charge in [-0.15, -0.1) is 0 Å². The third kappa shape index (κ3) is 6.21. The number of halogens is 1. The van der Waals surface area contributed by atoms with Gasteiger partial charge in [0.05, 0.1) is 43.3 Å². The summed E-state index contributed by atoms with van der Waals surface area (Å²) in [5.74, 6) is 0. The summed E-state index contributed by atoms with van der Waals surface area (Å²) in [4.78, 5) is 0. The van der Waals surface area contributed by atoms with E-state index in [2.05, 4.69) is 25.2 Å². The Morgan fingerprint density at radius 1 is 1.44 bits per heavy atom. The van der Waals surface area contributed by atoms with Crippen molar-refractivity contribution in [1.82, 2.24) is 9.78 Å². The van der Waals surface area contributed by atoms with Crippen molar-refractivity contribution in [3.05, 3.63) is 16.9 Å². The quantitative estimate of drug-likeness (QED) is 0.546. The molecule has 0 aliphatic heterocycles. The molecule has 6 nitrogen and oxygen atoms in total. The Morgan fingerprint density at radius 2 is 2.19 bits per heavy atom. The van der Waals surface area contributed by atoms with Crippen LogP contribution in [0.5, 0.6) is 0 Å². The average molecular weight is 313 g/mol. The van der Waals surface area contributed by atoms with E-state index in [4.69, 9.17) is 4.74 Å². The van der Waals surface area contributed by atoms with Crippen LogP contribution in [0.4, 0.5) is 0 Å². The molecule has 0 N–H and O–H groups in total. The highest BCUT2D eigenvalue weighted by molar-refractivity contribution is 9.10. The van der Waals surface area contributed by atoms with Gasteiger partial charge in [0.25, 0.3) is 10.1 Å². The molecule has 1 aromatic rings. The Kier molecular flexibility index (Phi) is 5.39. The van der Waals surface area contributed by atoms with Crippen LogP contribution < -0.4 is 0 Å². The van der Waals surface area contributed by atoms with E-state index in [0.29, 0.717) is 13.2 Å². The van der Waals surface area contributed by atoms with Crippen molar-refractivity contribution in [2.75, 3.05) is 26.1 Å². The lowest BCUT2D eigenvalue weighted by atomic mass is 10.6. The van der Waals surface area contributed by atoms with Crippen LogP contribution in [-0.4, -0.2) is 44.3 Å². The highest BCUT2D eigenvalue weighted by atomic mass is 79.9. The van der Waals surface area contributed by atoms with Gasteiger partial charge in [0.15, 0.2) is 0 Å². The summed E-state index contributed by atoms with van der Waals surface area (Å²) in [5.41, 5.74) is 0. The predicted octanol–water partition coefficient (Wildman–Crippen LogP) is 0.638. The molecule has 0 amide bonds. The van der Waals surface area contributed by atoms with E-state index in [1.165, 1.54) is 0 Å². The maximum Gasteiger partial charge on any atom is 0.264 e. The van der Waals surface area contributed by atoms with Crippen LogP contribution in [-0.2, 0) is 25.6 Å². The second kappa shape index (κ2) is 6.33. The molecule has 0 saturated carbocycles. The summed E-state index contributed by atoms with van der Waals surface area (Å²) in [7, 11) is -3.36. The Bertz CT molecular complexity index is 417. The fraction of sp³-hybridized carbons (Fsp3) is 0.625. The zero-order valence-corrected chi connectivity index (χ0v) is 11.2. The van der Waals surface area contributed by atoms with E-state index in [1.807, 2.05) is 6.20 Å². The fourth-order valence-corrected chi connectivity index (χ4v) is 1.66. The summed E-state index contributed by atoms with van der Waals surface area (Å²) in [6, 6.07) is 0. The van der Waals surface area contributed by atoms with E-state index < -0.39 is 10.1 Å². The Hall–Kier alpha value is -0.440. The molecule has 0 spiro atoms. The smallest absolute Gasteiger partial charge is 0.264 e. The molecular weight excluding hydrogens is 300 g/mol. The van der Waals surface area contributed by atoms with Gasteiger partial charge >= 0.3 is 0 Å². The van der Waals surface area contributed by atoms with Gasteiger partial charge < -0.3 is 4.74 Å². The van der Waals surface area contributed by atoms with Gasteiger partial charge in [-0.3, -0.25) is 8.86 Å². The number of nitrogens with zero attached hydrogens (tertiary/aromatic N) is 2. The molecule has 0 aliphatic carbocycles. The molecule has 1 heterocycles. The lowest BCUT2D eigenvalue weighted by Gasteiger charge is -2.04. The standard InChI is InChI=1S/C8H13BrN2O4S/c1-16(12,13)15-5-4-14-3-2-11-7-8(9)6-10-11/h6-7H,2-5H2,1H3. The molecule has 92 valence electrons. The van der Waals surface area contributed by atoms with Crippen molar-refractivity contribution in [2.24, 2.45) is 0 Å². The van der Waals surface area contributed by atoms with Gasteiger partial charge in [0, 0.05) is 6.20 Å². The van der Waals surface area contributed by atoms with E-state index in [9.17, 15) is 8.42 Å². The lowest BCUT2D eigenvalue weighted by Crippen LogP contribution is -2.12. The van der Waals surface area contributed by atoms with Crippen molar-refractivity contribution in [1.29, 1.82) is 0 Å². The van der Waals surface area contributed by atoms with Crippen LogP contribution in [0.3, 0.4) is 0 Å². The second-order valence-corrected chi connectivity index (χ2v) is 5.62. The van der Waals surface area contributed by atoms with Crippen LogP contribution in [0.15, 0.2) is 16.9 Å². The van der Waals surface area contributed by atoms with E-state index >= 15 is 0 Å². The Balaban J connectivity index is 2.04. The molecule has 0 bridgehead atoms. The average Bonchev–Trinajstić information content (AvgIpc) is 2.56. The minimum Gasteiger partial charge on any atom is -0.377 e. The van der Waals surface area contributed by atoms with Crippen molar-refractivity contribution >= 4 is 26.0 Å². The third-order valence-corrected chi connectivity index (χ3v) is 2.60. The maximum absolute atomic E-state index is 10.6. The highest BCUT2D eigenvalue weighted by Gasteiger charge is 2.00. The summed E-state index contributed by atoms with van der Waals surface area (Å²) in [6.45, 7) is 1.36. The van der Waals surface area contributed by atoms with E-state index in [1.54, 1.807) is 10.9 Å². The molecule has 1 rings (SSSR count). The third-order valence-electron chi connectivity index (χ3n) is 1.59. The number of hydrogen-bond donors (Lipinski definition) is 0. The molecule has 0 atom stereocenters. The van der Waals surface area contributed by atoms with E-state index in [0.717, 1.165) is 10.7 Å². The van der Waals surface area contributed by atoms with Gasteiger partial charge in [0.2, 0.25) is 0 Å². The minimum absolute atomic E-state index is 0.0433. The summed E-state index contributed by atoms with van der Waals surface area (Å²) < 4.78 is 33.5. The van der Waals surface area contributed by atoms with Crippen LogP contribution in [0.2, 0.25) is 0 Å². The SMILES string of the molecule is CS(=O)(=O)OCCOCCn1cc(Br)cn1. The van der Waals surface area contributed by atoms with Gasteiger partial charge in [-0.05, 0) is 15.9 Å². The Labute approximate surface area is 103 Å². The van der Waals surface area contributed by atoms with Gasteiger partial charge in [0.1, 0.15) is 0 Å². The first-order chi connectivity index (χ1) is 7.47. The van der Waals surface area contributed by atoms with Crippen LogP contribution >= 0.6 is 15.9 Å². The zero-order valence-electron chi connectivity index (χ0n) is 8.80. The van der Waals surface area contributed by atoms with E-state index in [-0.39, 0.29) is 13.2 Å². The molecular formula is C8H13BrN2O4S. The molecule has 0 unspecified atom stereocenters. The van der Waals surface area contributed by atoms with Crippen molar-refractivity contribution in [3.8, 4) is 0 Å². The number of rotatable bonds is 7. The topological polar surface area (TPSA) is 70.4 Å². The number of hydrogen-bond acceptors (Lipinski definition) is 5. The summed E-state index contributed by atoms with van der Waals surface area (Å²) in [6.07, 6.45) is 4.53. The monoisotopic (exact) mass is 312 g/mol. The first-order valence-electron chi connectivity index (χ1n) is 4.57. The largest absolute Gasteiger partial charge is 0.377 e. The van der Waals surface area contributed by atoms with Gasteiger partial charge in [-0.2, -0.15) is 13.5 Å². The maximum atomic E-state index is 10.6. The van der Waals surface area contributed by atoms with Crippen molar-refractivity contribution in [3.63, 3.8) is 0 Å². The molecule has 8 heteroatoms. The van der Waals surface area contributed by atoms with Crippen LogP contribution in [0.1, 0.15) is 0 Å². The van der Waals surface area contributed by atoms with Gasteiger partial charge in [-0.1, -0.05) is 0 Å². The minimum atomic E-state index is -3.36. The molecule has 0 saturated heterocycles. The summed E-state index contributed by atoms with van der Waals surface area (Å²) >= 11 is 3.28. The molecule has 16 heavy (non-hydrogen) atoms.